The number of thioether (sulfide) groups is 1. The molecule has 0 radical (unpaired) electrons. The molecule has 3 aromatic rings. The fraction of sp³-hybridized carbons (Fsp3) is 0.481. The summed E-state index contributed by atoms with van der Waals surface area (Å²) >= 11 is 8.07. The minimum atomic E-state index is -0.194. The van der Waals surface area contributed by atoms with Gasteiger partial charge in [0, 0.05) is 44.4 Å². The number of halogens is 1. The van der Waals surface area contributed by atoms with Crippen LogP contribution < -0.4 is 0 Å². The highest BCUT2D eigenvalue weighted by atomic mass is 35.5. The van der Waals surface area contributed by atoms with Gasteiger partial charge in [0.1, 0.15) is 0 Å². The average Bonchev–Trinajstić information content (AvgIpc) is 2.94. The molecule has 168 valence electrons. The molecule has 2 aromatic carbocycles. The molecular weight excluding hydrogens is 422 g/mol. The molecule has 0 amide bonds. The van der Waals surface area contributed by atoms with E-state index in [-0.39, 0.29) is 16.8 Å². The van der Waals surface area contributed by atoms with Gasteiger partial charge in [-0.15, -0.1) is 11.8 Å². The SMILES string of the molecule is CC(C)c1ccc2c(c1)c(SC(C)(C)C)c(CC(C)(C)CO)n2Cc1ccc(Cl)cc1. The molecule has 0 fully saturated rings. The van der Waals surface area contributed by atoms with E-state index in [4.69, 9.17) is 11.6 Å². The third-order valence-corrected chi connectivity index (χ3v) is 7.07. The van der Waals surface area contributed by atoms with E-state index in [9.17, 15) is 5.11 Å². The summed E-state index contributed by atoms with van der Waals surface area (Å²) in [7, 11) is 0. The number of benzene rings is 2. The molecule has 31 heavy (non-hydrogen) atoms. The molecule has 0 saturated heterocycles. The van der Waals surface area contributed by atoms with Gasteiger partial charge in [-0.3, -0.25) is 0 Å². The van der Waals surface area contributed by atoms with Crippen LogP contribution in [0.3, 0.4) is 0 Å². The summed E-state index contributed by atoms with van der Waals surface area (Å²) in [5.74, 6) is 0.480. The van der Waals surface area contributed by atoms with Gasteiger partial charge < -0.3 is 9.67 Å². The topological polar surface area (TPSA) is 25.2 Å². The molecule has 4 heteroatoms. The Labute approximate surface area is 197 Å². The molecule has 1 aromatic heterocycles. The molecule has 0 aliphatic rings. The lowest BCUT2D eigenvalue weighted by Crippen LogP contribution is -2.22. The van der Waals surface area contributed by atoms with Gasteiger partial charge in [0.05, 0.1) is 0 Å². The number of nitrogens with zero attached hydrogens (tertiary/aromatic N) is 1. The van der Waals surface area contributed by atoms with Crippen molar-refractivity contribution >= 4 is 34.3 Å². The van der Waals surface area contributed by atoms with Gasteiger partial charge in [-0.25, -0.2) is 0 Å². The van der Waals surface area contributed by atoms with Crippen LogP contribution in [-0.2, 0) is 13.0 Å². The molecule has 3 rings (SSSR count). The van der Waals surface area contributed by atoms with Crippen molar-refractivity contribution < 1.29 is 5.11 Å². The highest BCUT2D eigenvalue weighted by Gasteiger charge is 2.28. The van der Waals surface area contributed by atoms with E-state index < -0.39 is 0 Å². The first-order chi connectivity index (χ1) is 14.4. The number of aliphatic hydroxyl groups excluding tert-OH is 1. The van der Waals surface area contributed by atoms with Gasteiger partial charge >= 0.3 is 0 Å². The van der Waals surface area contributed by atoms with Crippen LogP contribution in [-0.4, -0.2) is 21.0 Å². The van der Waals surface area contributed by atoms with Crippen LogP contribution in [0.25, 0.3) is 10.9 Å². The summed E-state index contributed by atoms with van der Waals surface area (Å²) in [5.41, 5.74) is 4.96. The molecule has 0 unspecified atom stereocenters. The van der Waals surface area contributed by atoms with E-state index in [1.807, 2.05) is 23.9 Å². The Morgan fingerprint density at radius 3 is 2.19 bits per heavy atom. The van der Waals surface area contributed by atoms with Gasteiger partial charge in [0.25, 0.3) is 0 Å². The van der Waals surface area contributed by atoms with E-state index in [0.717, 1.165) is 18.0 Å². The first kappa shape index (κ1) is 24.2. The Balaban J connectivity index is 2.27. The smallest absolute Gasteiger partial charge is 0.0497 e. The highest BCUT2D eigenvalue weighted by Crippen LogP contribution is 2.43. The number of hydrogen-bond acceptors (Lipinski definition) is 2. The zero-order chi connectivity index (χ0) is 23.0. The molecule has 0 bridgehead atoms. The lowest BCUT2D eigenvalue weighted by molar-refractivity contribution is 0.157. The zero-order valence-corrected chi connectivity index (χ0v) is 21.5. The molecule has 0 aliphatic heterocycles. The number of aliphatic hydroxyl groups is 1. The Bertz CT molecular complexity index is 1040. The average molecular weight is 458 g/mol. The summed E-state index contributed by atoms with van der Waals surface area (Å²) in [6.07, 6.45) is 0.821. The molecule has 2 nitrogen and oxygen atoms in total. The van der Waals surface area contributed by atoms with Crippen molar-refractivity contribution in [3.8, 4) is 0 Å². The van der Waals surface area contributed by atoms with E-state index >= 15 is 0 Å². The number of hydrogen-bond donors (Lipinski definition) is 1. The second kappa shape index (κ2) is 9.21. The summed E-state index contributed by atoms with van der Waals surface area (Å²) in [4.78, 5) is 1.35. The van der Waals surface area contributed by atoms with Crippen molar-refractivity contribution in [2.45, 2.75) is 77.0 Å². The predicted molar refractivity (Wildman–Crippen MR) is 137 cm³/mol. The van der Waals surface area contributed by atoms with E-state index in [1.54, 1.807) is 0 Å². The lowest BCUT2D eigenvalue weighted by atomic mass is 9.89. The predicted octanol–water partition coefficient (Wildman–Crippen LogP) is 7.92. The van der Waals surface area contributed by atoms with Crippen molar-refractivity contribution in [2.24, 2.45) is 5.41 Å². The Kier molecular flexibility index (Phi) is 7.20. The van der Waals surface area contributed by atoms with Gasteiger partial charge in [0.2, 0.25) is 0 Å². The maximum atomic E-state index is 10.1. The van der Waals surface area contributed by atoms with Crippen LogP contribution in [0, 0.1) is 5.41 Å². The van der Waals surface area contributed by atoms with Crippen molar-refractivity contribution in [2.75, 3.05) is 6.61 Å². The van der Waals surface area contributed by atoms with Gasteiger partial charge in [-0.2, -0.15) is 0 Å². The maximum Gasteiger partial charge on any atom is 0.0497 e. The largest absolute Gasteiger partial charge is 0.396 e. The van der Waals surface area contributed by atoms with Crippen molar-refractivity contribution in [3.05, 3.63) is 64.3 Å². The molecule has 0 aliphatic carbocycles. The molecule has 1 heterocycles. The Morgan fingerprint density at radius 2 is 1.65 bits per heavy atom. The van der Waals surface area contributed by atoms with Crippen LogP contribution in [0.1, 0.15) is 71.2 Å². The first-order valence-corrected chi connectivity index (χ1v) is 12.3. The van der Waals surface area contributed by atoms with Crippen LogP contribution in [0.4, 0.5) is 0 Å². The van der Waals surface area contributed by atoms with Crippen LogP contribution in [0.15, 0.2) is 47.4 Å². The molecule has 0 spiro atoms. The minimum absolute atomic E-state index is 0.0886. The van der Waals surface area contributed by atoms with Crippen molar-refractivity contribution in [1.29, 1.82) is 0 Å². The summed E-state index contributed by atoms with van der Waals surface area (Å²) in [5, 5.41) is 12.1. The van der Waals surface area contributed by atoms with E-state index in [1.165, 1.54) is 32.6 Å². The van der Waals surface area contributed by atoms with Crippen molar-refractivity contribution in [1.82, 2.24) is 4.57 Å². The van der Waals surface area contributed by atoms with Gasteiger partial charge in [-0.05, 0) is 53.1 Å². The number of rotatable bonds is 7. The quantitative estimate of drug-likeness (QED) is 0.364. The van der Waals surface area contributed by atoms with Gasteiger partial charge in [-0.1, -0.05) is 78.3 Å². The second-order valence-corrected chi connectivity index (χ2v) is 12.9. The van der Waals surface area contributed by atoms with E-state index in [0.29, 0.717) is 5.92 Å². The van der Waals surface area contributed by atoms with Crippen molar-refractivity contribution in [3.63, 3.8) is 0 Å². The first-order valence-electron chi connectivity index (χ1n) is 11.1. The fourth-order valence-corrected chi connectivity index (χ4v) is 5.12. The normalized spacial score (nSPS) is 12.8. The van der Waals surface area contributed by atoms with Crippen LogP contribution >= 0.6 is 23.4 Å². The fourth-order valence-electron chi connectivity index (χ4n) is 3.81. The van der Waals surface area contributed by atoms with Gasteiger partial charge in [0.15, 0.2) is 0 Å². The third kappa shape index (κ3) is 5.88. The maximum absolute atomic E-state index is 10.1. The summed E-state index contributed by atoms with van der Waals surface area (Å²) in [6.45, 7) is 16.5. The summed E-state index contributed by atoms with van der Waals surface area (Å²) in [6, 6.07) is 15.0. The Morgan fingerprint density at radius 1 is 1.00 bits per heavy atom. The molecule has 0 saturated carbocycles. The number of aromatic nitrogens is 1. The molecular formula is C27H36ClNOS. The van der Waals surface area contributed by atoms with Crippen LogP contribution in [0.2, 0.25) is 5.02 Å². The zero-order valence-electron chi connectivity index (χ0n) is 19.9. The molecule has 0 atom stereocenters. The third-order valence-electron chi connectivity index (χ3n) is 5.55. The van der Waals surface area contributed by atoms with Crippen LogP contribution in [0.5, 0.6) is 0 Å². The second-order valence-electron chi connectivity index (χ2n) is 10.6. The minimum Gasteiger partial charge on any atom is -0.396 e. The van der Waals surface area contributed by atoms with E-state index in [2.05, 4.69) is 83.4 Å². The number of fused-ring (bicyclic) bond motifs is 1. The summed E-state index contributed by atoms with van der Waals surface area (Å²) < 4.78 is 2.54. The highest BCUT2D eigenvalue weighted by molar-refractivity contribution is 8.00. The lowest BCUT2D eigenvalue weighted by Gasteiger charge is -2.25. The molecule has 1 N–H and O–H groups in total. The monoisotopic (exact) mass is 457 g/mol. The Hall–Kier alpha value is -1.42. The standard InChI is InChI=1S/C27H36ClNOS/c1-18(2)20-10-13-23-22(14-20)25(31-26(3,4)5)24(15-27(6,7)17-30)29(23)16-19-8-11-21(28)12-9-19/h8-14,18,30H,15-17H2,1-7H3.